The smallest absolute Gasteiger partial charge is 0.119 e. The summed E-state index contributed by atoms with van der Waals surface area (Å²) in [6.45, 7) is 5.73. The lowest BCUT2D eigenvalue weighted by atomic mass is 9.90. The summed E-state index contributed by atoms with van der Waals surface area (Å²) >= 11 is 0. The number of para-hydroxylation sites is 1. The minimum absolute atomic E-state index is 0.246. The lowest BCUT2D eigenvalue weighted by Crippen LogP contribution is -2.11. The van der Waals surface area contributed by atoms with Crippen LogP contribution in [0.15, 0.2) is 30.3 Å². The van der Waals surface area contributed by atoms with Crippen molar-refractivity contribution in [2.24, 2.45) is 5.41 Å². The van der Waals surface area contributed by atoms with E-state index >= 15 is 0 Å². The van der Waals surface area contributed by atoms with Crippen molar-refractivity contribution in [1.82, 2.24) is 0 Å². The van der Waals surface area contributed by atoms with Crippen LogP contribution in [0.1, 0.15) is 26.7 Å². The van der Waals surface area contributed by atoms with Crippen molar-refractivity contribution >= 4 is 0 Å². The predicted molar refractivity (Wildman–Crippen MR) is 71.4 cm³/mol. The predicted octanol–water partition coefficient (Wildman–Crippen LogP) is 3.41. The SMILES string of the molecule is CC(C)(C#N)CCCOCCOc1ccccc1. The molecule has 0 aromatic heterocycles. The molecule has 1 aromatic carbocycles. The van der Waals surface area contributed by atoms with E-state index in [0.29, 0.717) is 19.8 Å². The van der Waals surface area contributed by atoms with E-state index in [9.17, 15) is 0 Å². The molecule has 0 atom stereocenters. The van der Waals surface area contributed by atoms with Crippen LogP contribution in [-0.4, -0.2) is 19.8 Å². The minimum atomic E-state index is -0.246. The van der Waals surface area contributed by atoms with E-state index in [-0.39, 0.29) is 5.41 Å². The largest absolute Gasteiger partial charge is 0.491 e. The van der Waals surface area contributed by atoms with Gasteiger partial charge in [0, 0.05) is 6.61 Å². The molecular weight excluding hydrogens is 226 g/mol. The highest BCUT2D eigenvalue weighted by molar-refractivity contribution is 5.20. The Balaban J connectivity index is 1.98. The summed E-state index contributed by atoms with van der Waals surface area (Å²) in [6.07, 6.45) is 1.77. The maximum Gasteiger partial charge on any atom is 0.119 e. The maximum absolute atomic E-state index is 8.85. The third-order valence-corrected chi connectivity index (χ3v) is 2.63. The van der Waals surface area contributed by atoms with Crippen LogP contribution >= 0.6 is 0 Å². The van der Waals surface area contributed by atoms with E-state index in [1.165, 1.54) is 0 Å². The Labute approximate surface area is 109 Å². The second kappa shape index (κ2) is 7.73. The molecule has 0 N–H and O–H groups in total. The van der Waals surface area contributed by atoms with Crippen molar-refractivity contribution in [3.63, 3.8) is 0 Å². The highest BCUT2D eigenvalue weighted by Gasteiger charge is 2.15. The zero-order valence-electron chi connectivity index (χ0n) is 11.2. The molecule has 1 aromatic rings. The molecule has 0 unspecified atom stereocenters. The van der Waals surface area contributed by atoms with Crippen LogP contribution in [0, 0.1) is 16.7 Å². The fourth-order valence-corrected chi connectivity index (χ4v) is 1.51. The number of hydrogen-bond donors (Lipinski definition) is 0. The molecule has 0 spiro atoms. The van der Waals surface area contributed by atoms with Crippen LogP contribution in [0.2, 0.25) is 0 Å². The Morgan fingerprint density at radius 3 is 2.50 bits per heavy atom. The van der Waals surface area contributed by atoms with E-state index in [4.69, 9.17) is 14.7 Å². The number of benzene rings is 1. The van der Waals surface area contributed by atoms with E-state index in [0.717, 1.165) is 18.6 Å². The van der Waals surface area contributed by atoms with Gasteiger partial charge in [0.25, 0.3) is 0 Å². The highest BCUT2D eigenvalue weighted by Crippen LogP contribution is 2.20. The van der Waals surface area contributed by atoms with Crippen molar-refractivity contribution in [2.75, 3.05) is 19.8 Å². The molecule has 0 fully saturated rings. The Morgan fingerprint density at radius 2 is 1.83 bits per heavy atom. The normalized spacial score (nSPS) is 10.9. The first-order valence-electron chi connectivity index (χ1n) is 6.31. The van der Waals surface area contributed by atoms with Crippen LogP contribution in [0.3, 0.4) is 0 Å². The summed E-state index contributed by atoms with van der Waals surface area (Å²) in [7, 11) is 0. The first-order valence-corrected chi connectivity index (χ1v) is 6.31. The Bertz CT molecular complexity index is 368. The summed E-state index contributed by atoms with van der Waals surface area (Å²) in [5.41, 5.74) is -0.246. The number of ether oxygens (including phenoxy) is 2. The van der Waals surface area contributed by atoms with Gasteiger partial charge >= 0.3 is 0 Å². The van der Waals surface area contributed by atoms with Crippen LogP contribution in [0.25, 0.3) is 0 Å². The second-order valence-corrected chi connectivity index (χ2v) is 4.87. The quantitative estimate of drug-likeness (QED) is 0.661. The van der Waals surface area contributed by atoms with Gasteiger partial charge in [0.2, 0.25) is 0 Å². The molecule has 0 heterocycles. The molecule has 0 aliphatic rings. The summed E-state index contributed by atoms with van der Waals surface area (Å²) in [4.78, 5) is 0. The molecule has 0 amide bonds. The van der Waals surface area contributed by atoms with Crippen molar-refractivity contribution in [1.29, 1.82) is 5.26 Å². The number of hydrogen-bond acceptors (Lipinski definition) is 3. The topological polar surface area (TPSA) is 42.2 Å². The molecule has 3 nitrogen and oxygen atoms in total. The van der Waals surface area contributed by atoms with Gasteiger partial charge in [-0.05, 0) is 38.8 Å². The molecule has 0 saturated heterocycles. The molecular formula is C15H21NO2. The molecule has 0 aliphatic heterocycles. The van der Waals surface area contributed by atoms with Gasteiger partial charge in [-0.3, -0.25) is 0 Å². The molecule has 0 bridgehead atoms. The van der Waals surface area contributed by atoms with E-state index in [1.54, 1.807) is 0 Å². The van der Waals surface area contributed by atoms with Crippen LogP contribution in [-0.2, 0) is 4.74 Å². The molecule has 18 heavy (non-hydrogen) atoms. The van der Waals surface area contributed by atoms with Gasteiger partial charge in [-0.15, -0.1) is 0 Å². The van der Waals surface area contributed by atoms with Crippen LogP contribution in [0.4, 0.5) is 0 Å². The lowest BCUT2D eigenvalue weighted by molar-refractivity contribution is 0.0939. The number of nitrogens with zero attached hydrogens (tertiary/aromatic N) is 1. The summed E-state index contributed by atoms with van der Waals surface area (Å²) < 4.78 is 11.0. The summed E-state index contributed by atoms with van der Waals surface area (Å²) in [6, 6.07) is 12.0. The van der Waals surface area contributed by atoms with Crippen molar-refractivity contribution < 1.29 is 9.47 Å². The Hall–Kier alpha value is -1.53. The molecule has 3 heteroatoms. The standard InChI is InChI=1S/C15H21NO2/c1-15(2,13-16)9-6-10-17-11-12-18-14-7-4-3-5-8-14/h3-5,7-8H,6,9-12H2,1-2H3. The monoisotopic (exact) mass is 247 g/mol. The van der Waals surface area contributed by atoms with Gasteiger partial charge < -0.3 is 9.47 Å². The average molecular weight is 247 g/mol. The highest BCUT2D eigenvalue weighted by atomic mass is 16.5. The Kier molecular flexibility index (Phi) is 6.24. The fraction of sp³-hybridized carbons (Fsp3) is 0.533. The fourth-order valence-electron chi connectivity index (χ4n) is 1.51. The Morgan fingerprint density at radius 1 is 1.11 bits per heavy atom. The van der Waals surface area contributed by atoms with Crippen molar-refractivity contribution in [3.05, 3.63) is 30.3 Å². The molecule has 0 saturated carbocycles. The van der Waals surface area contributed by atoms with Gasteiger partial charge in [-0.1, -0.05) is 18.2 Å². The molecule has 0 aliphatic carbocycles. The van der Waals surface area contributed by atoms with Gasteiger partial charge in [0.1, 0.15) is 12.4 Å². The van der Waals surface area contributed by atoms with Gasteiger partial charge in [-0.25, -0.2) is 0 Å². The van der Waals surface area contributed by atoms with Crippen molar-refractivity contribution in [3.8, 4) is 11.8 Å². The summed E-state index contributed by atoms with van der Waals surface area (Å²) in [5.74, 6) is 0.867. The lowest BCUT2D eigenvalue weighted by Gasteiger charge is -2.14. The molecule has 0 radical (unpaired) electrons. The molecule has 1 rings (SSSR count). The second-order valence-electron chi connectivity index (χ2n) is 4.87. The minimum Gasteiger partial charge on any atom is -0.491 e. The first kappa shape index (κ1) is 14.5. The zero-order valence-corrected chi connectivity index (χ0v) is 11.2. The first-order chi connectivity index (χ1) is 8.64. The van der Waals surface area contributed by atoms with E-state index in [2.05, 4.69) is 6.07 Å². The number of nitriles is 1. The van der Waals surface area contributed by atoms with Crippen LogP contribution < -0.4 is 4.74 Å². The van der Waals surface area contributed by atoms with Gasteiger partial charge in [0.15, 0.2) is 0 Å². The zero-order chi connectivity index (χ0) is 13.3. The third kappa shape index (κ3) is 6.27. The van der Waals surface area contributed by atoms with Gasteiger partial charge in [-0.2, -0.15) is 5.26 Å². The number of rotatable bonds is 8. The molecule has 98 valence electrons. The van der Waals surface area contributed by atoms with Gasteiger partial charge in [0.05, 0.1) is 18.1 Å². The van der Waals surface area contributed by atoms with E-state index in [1.807, 2.05) is 44.2 Å². The van der Waals surface area contributed by atoms with E-state index < -0.39 is 0 Å². The maximum atomic E-state index is 8.85. The average Bonchev–Trinajstić information content (AvgIpc) is 2.39. The summed E-state index contributed by atoms with van der Waals surface area (Å²) in [5, 5.41) is 8.85. The third-order valence-electron chi connectivity index (χ3n) is 2.63. The van der Waals surface area contributed by atoms with Crippen molar-refractivity contribution in [2.45, 2.75) is 26.7 Å². The van der Waals surface area contributed by atoms with Crippen LogP contribution in [0.5, 0.6) is 5.75 Å².